The molecule has 1 heterocycles. The van der Waals surface area contributed by atoms with E-state index in [0.29, 0.717) is 11.7 Å². The van der Waals surface area contributed by atoms with Crippen LogP contribution in [0.4, 0.5) is 0 Å². The minimum Gasteiger partial charge on any atom is -0.462 e. The Balaban J connectivity index is 1.49. The lowest BCUT2D eigenvalue weighted by atomic mass is 10.0. The zero-order chi connectivity index (χ0) is 26.2. The fourth-order valence-corrected chi connectivity index (χ4v) is 4.46. The highest BCUT2D eigenvalue weighted by Crippen LogP contribution is 2.25. The number of benzene rings is 1. The molecule has 0 unspecified atom stereocenters. The van der Waals surface area contributed by atoms with Gasteiger partial charge in [0, 0.05) is 6.92 Å². The van der Waals surface area contributed by atoms with Crippen LogP contribution < -0.4 is 0 Å². The van der Waals surface area contributed by atoms with Crippen molar-refractivity contribution in [3.05, 3.63) is 34.9 Å². The lowest BCUT2D eigenvalue weighted by Gasteiger charge is -2.10. The van der Waals surface area contributed by atoms with Crippen LogP contribution in [-0.2, 0) is 14.4 Å². The first-order chi connectivity index (χ1) is 17.5. The van der Waals surface area contributed by atoms with Crippen molar-refractivity contribution in [1.82, 2.24) is 5.06 Å². The zero-order valence-electron chi connectivity index (χ0n) is 22.1. The molecule has 7 nitrogen and oxygen atoms in total. The number of hydrogen-bond acceptors (Lipinski definition) is 6. The Morgan fingerprint density at radius 3 is 1.67 bits per heavy atom. The summed E-state index contributed by atoms with van der Waals surface area (Å²) in [6.07, 6.45) is 20.5. The molecule has 2 rings (SSSR count). The van der Waals surface area contributed by atoms with Crippen LogP contribution >= 0.6 is 0 Å². The second kappa shape index (κ2) is 16.9. The maximum absolute atomic E-state index is 12.3. The monoisotopic (exact) mass is 501 g/mol. The molecule has 200 valence electrons. The molecule has 0 atom stereocenters. The Labute approximate surface area is 215 Å². The van der Waals surface area contributed by atoms with E-state index >= 15 is 0 Å². The van der Waals surface area contributed by atoms with E-state index < -0.39 is 23.8 Å². The van der Waals surface area contributed by atoms with Gasteiger partial charge in [-0.15, -0.1) is 0 Å². The molecule has 0 radical (unpaired) electrons. The Morgan fingerprint density at radius 1 is 0.694 bits per heavy atom. The van der Waals surface area contributed by atoms with Crippen LogP contribution in [0.2, 0.25) is 0 Å². The summed E-state index contributed by atoms with van der Waals surface area (Å²) in [4.78, 5) is 52.6. The third kappa shape index (κ3) is 10.1. The first-order valence-corrected chi connectivity index (χ1v) is 13.8. The van der Waals surface area contributed by atoms with Crippen molar-refractivity contribution in [2.75, 3.05) is 6.61 Å². The third-order valence-corrected chi connectivity index (χ3v) is 6.54. The van der Waals surface area contributed by atoms with Gasteiger partial charge in [-0.25, -0.2) is 9.59 Å². The smallest absolute Gasteiger partial charge is 0.338 e. The molecule has 36 heavy (non-hydrogen) atoms. The minimum atomic E-state index is -0.775. The standard InChI is InChI=1S/C29H43NO6/c1-3-4-5-6-7-8-9-10-11-12-13-14-15-16-17-18-21-35-29(34)24-19-20-25-26(22-24)28(33)30(27(25)32)36-23(2)31/h19-20,22H,3-18,21H2,1-2H3. The Bertz CT molecular complexity index is 865. The summed E-state index contributed by atoms with van der Waals surface area (Å²) in [7, 11) is 0. The summed E-state index contributed by atoms with van der Waals surface area (Å²) in [5.74, 6) is -2.80. The van der Waals surface area contributed by atoms with E-state index in [1.165, 1.54) is 102 Å². The zero-order valence-corrected chi connectivity index (χ0v) is 22.1. The van der Waals surface area contributed by atoms with Crippen molar-refractivity contribution in [3.63, 3.8) is 0 Å². The molecule has 1 aliphatic heterocycles. The van der Waals surface area contributed by atoms with Gasteiger partial charge in [-0.05, 0) is 24.6 Å². The van der Waals surface area contributed by atoms with Gasteiger partial charge in [0.25, 0.3) is 11.8 Å². The SMILES string of the molecule is CCCCCCCCCCCCCCCCCCOC(=O)c1ccc2c(c1)C(=O)N(OC(C)=O)C2=O. The quantitative estimate of drug-likeness (QED) is 0.113. The second-order valence-electron chi connectivity index (χ2n) is 9.69. The van der Waals surface area contributed by atoms with Gasteiger partial charge in [0.2, 0.25) is 0 Å². The predicted molar refractivity (Wildman–Crippen MR) is 139 cm³/mol. The average Bonchev–Trinajstić information content (AvgIpc) is 3.09. The highest BCUT2D eigenvalue weighted by atomic mass is 16.7. The van der Waals surface area contributed by atoms with Gasteiger partial charge >= 0.3 is 11.9 Å². The number of esters is 1. The van der Waals surface area contributed by atoms with Gasteiger partial charge in [-0.1, -0.05) is 108 Å². The number of hydrogen-bond donors (Lipinski definition) is 0. The van der Waals surface area contributed by atoms with Crippen LogP contribution in [-0.4, -0.2) is 35.4 Å². The number of carbonyl (C=O) groups is 4. The number of unbranched alkanes of at least 4 members (excludes halogenated alkanes) is 15. The molecule has 1 aliphatic rings. The summed E-state index contributed by atoms with van der Waals surface area (Å²) in [6.45, 7) is 3.68. The maximum atomic E-state index is 12.3. The number of amides is 2. The predicted octanol–water partition coefficient (Wildman–Crippen LogP) is 7.18. The highest BCUT2D eigenvalue weighted by Gasteiger charge is 2.39. The number of fused-ring (bicyclic) bond motifs is 1. The van der Waals surface area contributed by atoms with Crippen molar-refractivity contribution < 1.29 is 28.8 Å². The molecule has 0 saturated carbocycles. The number of hydroxylamine groups is 2. The Hall–Kier alpha value is -2.70. The van der Waals surface area contributed by atoms with Gasteiger partial charge in [0.15, 0.2) is 0 Å². The van der Waals surface area contributed by atoms with Crippen molar-refractivity contribution >= 4 is 23.8 Å². The molecular formula is C29H43NO6. The first-order valence-electron chi connectivity index (χ1n) is 13.8. The van der Waals surface area contributed by atoms with E-state index in [4.69, 9.17) is 4.74 Å². The molecule has 1 aromatic carbocycles. The summed E-state index contributed by atoms with van der Waals surface area (Å²) in [5, 5.41) is 0.415. The molecule has 2 amide bonds. The summed E-state index contributed by atoms with van der Waals surface area (Å²) >= 11 is 0. The van der Waals surface area contributed by atoms with Gasteiger partial charge in [-0.3, -0.25) is 9.59 Å². The van der Waals surface area contributed by atoms with Gasteiger partial charge in [0.05, 0.1) is 23.3 Å². The topological polar surface area (TPSA) is 90.0 Å². The maximum Gasteiger partial charge on any atom is 0.338 e. The number of carbonyl (C=O) groups excluding carboxylic acids is 4. The normalized spacial score (nSPS) is 12.7. The van der Waals surface area contributed by atoms with Crippen LogP contribution in [0.3, 0.4) is 0 Å². The lowest BCUT2D eigenvalue weighted by Crippen LogP contribution is -2.31. The molecule has 0 N–H and O–H groups in total. The van der Waals surface area contributed by atoms with Crippen LogP contribution in [0.1, 0.15) is 148 Å². The largest absolute Gasteiger partial charge is 0.462 e. The van der Waals surface area contributed by atoms with Crippen molar-refractivity contribution in [2.45, 2.75) is 117 Å². The molecule has 0 saturated heterocycles. The second-order valence-corrected chi connectivity index (χ2v) is 9.69. The number of nitrogens with zero attached hydrogens (tertiary/aromatic N) is 1. The van der Waals surface area contributed by atoms with Crippen molar-refractivity contribution in [1.29, 1.82) is 0 Å². The Morgan fingerprint density at radius 2 is 1.17 bits per heavy atom. The van der Waals surface area contributed by atoms with Crippen LogP contribution in [0.5, 0.6) is 0 Å². The van der Waals surface area contributed by atoms with Gasteiger partial charge < -0.3 is 9.57 Å². The molecule has 0 fully saturated rings. The molecule has 1 aromatic rings. The van der Waals surface area contributed by atoms with Crippen LogP contribution in [0, 0.1) is 0 Å². The summed E-state index contributed by atoms with van der Waals surface area (Å²) in [5.41, 5.74) is 0.310. The molecule has 0 bridgehead atoms. The van der Waals surface area contributed by atoms with Crippen molar-refractivity contribution in [3.8, 4) is 0 Å². The summed E-state index contributed by atoms with van der Waals surface area (Å²) < 4.78 is 5.33. The molecule has 0 spiro atoms. The summed E-state index contributed by atoms with van der Waals surface area (Å²) in [6, 6.07) is 4.14. The van der Waals surface area contributed by atoms with Gasteiger partial charge in [-0.2, -0.15) is 0 Å². The highest BCUT2D eigenvalue weighted by molar-refractivity contribution is 6.21. The molecule has 7 heteroatoms. The van der Waals surface area contributed by atoms with E-state index in [1.54, 1.807) is 0 Å². The van der Waals surface area contributed by atoms with E-state index in [1.807, 2.05) is 0 Å². The molecule has 0 aliphatic carbocycles. The number of imide groups is 1. The number of rotatable bonds is 19. The van der Waals surface area contributed by atoms with E-state index in [9.17, 15) is 19.2 Å². The van der Waals surface area contributed by atoms with Crippen molar-refractivity contribution in [2.24, 2.45) is 0 Å². The lowest BCUT2D eigenvalue weighted by molar-refractivity contribution is -0.165. The fraction of sp³-hybridized carbons (Fsp3) is 0.655. The Kier molecular flexibility index (Phi) is 13.8. The van der Waals surface area contributed by atoms with Crippen LogP contribution in [0.25, 0.3) is 0 Å². The van der Waals surface area contributed by atoms with E-state index in [-0.39, 0.29) is 16.7 Å². The fourth-order valence-electron chi connectivity index (χ4n) is 4.46. The van der Waals surface area contributed by atoms with E-state index in [2.05, 4.69) is 11.8 Å². The minimum absolute atomic E-state index is 0.0260. The third-order valence-electron chi connectivity index (χ3n) is 6.54. The molecule has 0 aromatic heterocycles. The van der Waals surface area contributed by atoms with Crippen LogP contribution in [0.15, 0.2) is 18.2 Å². The van der Waals surface area contributed by atoms with Gasteiger partial charge in [0.1, 0.15) is 0 Å². The molecular weight excluding hydrogens is 458 g/mol. The average molecular weight is 502 g/mol. The van der Waals surface area contributed by atoms with E-state index in [0.717, 1.165) is 26.2 Å². The number of ether oxygens (including phenoxy) is 1. The first kappa shape index (κ1) is 29.5.